The summed E-state index contributed by atoms with van der Waals surface area (Å²) < 4.78 is 33.9. The minimum atomic E-state index is -3.87. The molecule has 2 aromatic heterocycles. The average molecular weight is 392 g/mol. The molecule has 0 aliphatic rings. The molecule has 4 aromatic rings. The quantitative estimate of drug-likeness (QED) is 0.527. The van der Waals surface area contributed by atoms with Gasteiger partial charge < -0.3 is 4.42 Å². The van der Waals surface area contributed by atoms with Crippen LogP contribution < -0.4 is 10.3 Å². The van der Waals surface area contributed by atoms with Crippen LogP contribution in [0.25, 0.3) is 11.0 Å². The first-order valence-electron chi connectivity index (χ1n) is 8.55. The van der Waals surface area contributed by atoms with Gasteiger partial charge in [0.25, 0.3) is 0 Å². The van der Waals surface area contributed by atoms with Gasteiger partial charge in [-0.1, -0.05) is 36.4 Å². The first kappa shape index (κ1) is 18.1. The van der Waals surface area contributed by atoms with Crippen molar-refractivity contribution < 1.29 is 12.8 Å². The second kappa shape index (κ2) is 7.38. The molecule has 0 spiro atoms. The third-order valence-electron chi connectivity index (χ3n) is 4.29. The molecule has 2 heterocycles. The van der Waals surface area contributed by atoms with E-state index in [4.69, 9.17) is 4.42 Å². The third kappa shape index (κ3) is 3.71. The number of nitrogens with zero attached hydrogens (tertiary/aromatic N) is 1. The highest BCUT2D eigenvalue weighted by atomic mass is 32.2. The zero-order valence-electron chi connectivity index (χ0n) is 14.6. The second-order valence-electron chi connectivity index (χ2n) is 6.17. The molecule has 140 valence electrons. The Balaban J connectivity index is 1.75. The van der Waals surface area contributed by atoms with E-state index in [1.54, 1.807) is 18.3 Å². The summed E-state index contributed by atoms with van der Waals surface area (Å²) in [7, 11) is -3.87. The van der Waals surface area contributed by atoms with Crippen LogP contribution in [0.1, 0.15) is 17.3 Å². The van der Waals surface area contributed by atoms with Crippen molar-refractivity contribution in [1.82, 2.24) is 9.71 Å². The SMILES string of the molecule is O=c1ccc2cc(S(=O)(=O)NC(c3ccccc3)c3ccccn3)ccc2o1. The molecule has 0 amide bonds. The van der Waals surface area contributed by atoms with Crippen molar-refractivity contribution >= 4 is 21.0 Å². The summed E-state index contributed by atoms with van der Waals surface area (Å²) in [4.78, 5) is 15.7. The van der Waals surface area contributed by atoms with Gasteiger partial charge in [0.2, 0.25) is 10.0 Å². The number of hydrogen-bond acceptors (Lipinski definition) is 5. The van der Waals surface area contributed by atoms with E-state index in [1.807, 2.05) is 36.4 Å². The van der Waals surface area contributed by atoms with E-state index in [0.717, 1.165) is 5.56 Å². The molecule has 2 aromatic carbocycles. The summed E-state index contributed by atoms with van der Waals surface area (Å²) in [5.74, 6) is 0. The van der Waals surface area contributed by atoms with Crippen molar-refractivity contribution in [3.63, 3.8) is 0 Å². The first-order valence-corrected chi connectivity index (χ1v) is 10.0. The minimum absolute atomic E-state index is 0.0747. The van der Waals surface area contributed by atoms with Gasteiger partial charge in [-0.25, -0.2) is 13.2 Å². The second-order valence-corrected chi connectivity index (χ2v) is 7.89. The molecule has 0 saturated heterocycles. The van der Waals surface area contributed by atoms with Crippen molar-refractivity contribution in [3.8, 4) is 0 Å². The molecule has 0 fully saturated rings. The highest BCUT2D eigenvalue weighted by molar-refractivity contribution is 7.89. The Bertz CT molecular complexity index is 1230. The molecule has 0 saturated carbocycles. The smallest absolute Gasteiger partial charge is 0.336 e. The molecular weight excluding hydrogens is 376 g/mol. The molecule has 28 heavy (non-hydrogen) atoms. The molecule has 0 radical (unpaired) electrons. The maximum Gasteiger partial charge on any atom is 0.336 e. The van der Waals surface area contributed by atoms with Crippen LogP contribution >= 0.6 is 0 Å². The topological polar surface area (TPSA) is 89.3 Å². The lowest BCUT2D eigenvalue weighted by Crippen LogP contribution is -2.30. The molecule has 0 aliphatic carbocycles. The van der Waals surface area contributed by atoms with E-state index in [9.17, 15) is 13.2 Å². The van der Waals surface area contributed by atoms with E-state index >= 15 is 0 Å². The predicted molar refractivity (Wildman–Crippen MR) is 105 cm³/mol. The zero-order chi connectivity index (χ0) is 19.6. The van der Waals surface area contributed by atoms with Gasteiger partial charge >= 0.3 is 5.63 Å². The molecule has 7 heteroatoms. The number of pyridine rings is 1. The maximum absolute atomic E-state index is 13.1. The molecule has 1 N–H and O–H groups in total. The summed E-state index contributed by atoms with van der Waals surface area (Å²) in [5.41, 5.74) is 1.21. The van der Waals surface area contributed by atoms with Gasteiger partial charge in [0.05, 0.1) is 16.6 Å². The van der Waals surface area contributed by atoms with Crippen LogP contribution in [0.2, 0.25) is 0 Å². The van der Waals surface area contributed by atoms with Crippen molar-refractivity contribution in [2.75, 3.05) is 0 Å². The lowest BCUT2D eigenvalue weighted by molar-refractivity contribution is 0.560. The minimum Gasteiger partial charge on any atom is -0.423 e. The average Bonchev–Trinajstić information content (AvgIpc) is 2.73. The maximum atomic E-state index is 13.1. The van der Waals surface area contributed by atoms with Crippen LogP contribution in [-0.4, -0.2) is 13.4 Å². The zero-order valence-corrected chi connectivity index (χ0v) is 15.5. The number of rotatable bonds is 5. The Morgan fingerprint density at radius 3 is 2.43 bits per heavy atom. The molecule has 1 atom stereocenters. The molecule has 0 aliphatic heterocycles. The summed E-state index contributed by atoms with van der Waals surface area (Å²) in [6.45, 7) is 0. The van der Waals surface area contributed by atoms with Gasteiger partial charge in [-0.15, -0.1) is 0 Å². The fraction of sp³-hybridized carbons (Fsp3) is 0.0476. The first-order chi connectivity index (χ1) is 13.5. The van der Waals surface area contributed by atoms with Crippen LogP contribution in [0.5, 0.6) is 0 Å². The Hall–Kier alpha value is -3.29. The lowest BCUT2D eigenvalue weighted by atomic mass is 10.0. The van der Waals surface area contributed by atoms with Crippen molar-refractivity contribution in [2.24, 2.45) is 0 Å². The number of aromatic nitrogens is 1. The Morgan fingerprint density at radius 1 is 0.893 bits per heavy atom. The normalized spacial score (nSPS) is 12.7. The third-order valence-corrected chi connectivity index (χ3v) is 5.71. The van der Waals surface area contributed by atoms with Crippen molar-refractivity contribution in [2.45, 2.75) is 10.9 Å². The van der Waals surface area contributed by atoms with Crippen molar-refractivity contribution in [3.05, 3.63) is 107 Å². The number of sulfonamides is 1. The number of fused-ring (bicyclic) bond motifs is 1. The van der Waals surface area contributed by atoms with E-state index in [2.05, 4.69) is 9.71 Å². The Kier molecular flexibility index (Phi) is 4.77. The summed E-state index contributed by atoms with van der Waals surface area (Å²) in [6, 6.07) is 21.1. The van der Waals surface area contributed by atoms with E-state index in [-0.39, 0.29) is 4.90 Å². The largest absolute Gasteiger partial charge is 0.423 e. The highest BCUT2D eigenvalue weighted by Crippen LogP contribution is 2.24. The van der Waals surface area contributed by atoms with E-state index in [1.165, 1.54) is 30.3 Å². The van der Waals surface area contributed by atoms with Gasteiger partial charge in [-0.05, 0) is 42.0 Å². The molecule has 4 rings (SSSR count). The van der Waals surface area contributed by atoms with Crippen LogP contribution in [-0.2, 0) is 10.0 Å². The van der Waals surface area contributed by atoms with E-state index in [0.29, 0.717) is 16.7 Å². The van der Waals surface area contributed by atoms with Gasteiger partial charge in [0.15, 0.2) is 0 Å². The molecule has 1 unspecified atom stereocenters. The Morgan fingerprint density at radius 2 is 1.68 bits per heavy atom. The summed E-state index contributed by atoms with van der Waals surface area (Å²) in [5, 5.41) is 0.525. The van der Waals surface area contributed by atoms with Crippen molar-refractivity contribution in [1.29, 1.82) is 0 Å². The fourth-order valence-corrected chi connectivity index (χ4v) is 4.16. The highest BCUT2D eigenvalue weighted by Gasteiger charge is 2.24. The lowest BCUT2D eigenvalue weighted by Gasteiger charge is -2.19. The van der Waals surface area contributed by atoms with E-state index < -0.39 is 21.7 Å². The molecule has 6 nitrogen and oxygen atoms in total. The summed E-state index contributed by atoms with van der Waals surface area (Å²) >= 11 is 0. The van der Waals surface area contributed by atoms with Crippen LogP contribution in [0.4, 0.5) is 0 Å². The van der Waals surface area contributed by atoms with Gasteiger partial charge in [-0.3, -0.25) is 4.98 Å². The van der Waals surface area contributed by atoms with Gasteiger partial charge in [0.1, 0.15) is 5.58 Å². The summed E-state index contributed by atoms with van der Waals surface area (Å²) in [6.07, 6.45) is 1.62. The monoisotopic (exact) mass is 392 g/mol. The molecule has 0 bridgehead atoms. The van der Waals surface area contributed by atoms with Crippen LogP contribution in [0, 0.1) is 0 Å². The van der Waals surface area contributed by atoms with Crippen LogP contribution in [0.15, 0.2) is 99.2 Å². The predicted octanol–water partition coefficient (Wildman–Crippen LogP) is 3.26. The number of benzene rings is 2. The van der Waals surface area contributed by atoms with Gasteiger partial charge in [-0.2, -0.15) is 4.72 Å². The molecular formula is C21H16N2O4S. The van der Waals surface area contributed by atoms with Gasteiger partial charge in [0, 0.05) is 17.6 Å². The van der Waals surface area contributed by atoms with Crippen LogP contribution in [0.3, 0.4) is 0 Å². The standard InChI is InChI=1S/C21H16N2O4S/c24-20-12-9-16-14-17(10-11-19(16)27-20)28(25,26)23-21(15-6-2-1-3-7-15)18-8-4-5-13-22-18/h1-14,21,23H. The number of nitrogens with one attached hydrogen (secondary N) is 1. The fourth-order valence-electron chi connectivity index (χ4n) is 2.93. The number of hydrogen-bond donors (Lipinski definition) is 1. The Labute approximate surface area is 161 Å².